The third-order valence-corrected chi connectivity index (χ3v) is 3.13. The van der Waals surface area contributed by atoms with E-state index >= 15 is 0 Å². The molecule has 0 saturated carbocycles. The number of nitrogens with zero attached hydrogens (tertiary/aromatic N) is 2. The fourth-order valence-corrected chi connectivity index (χ4v) is 1.91. The first-order valence-electron chi connectivity index (χ1n) is 5.52. The van der Waals surface area contributed by atoms with Gasteiger partial charge in [0, 0.05) is 18.5 Å². The average molecular weight is 260 g/mol. The van der Waals surface area contributed by atoms with E-state index in [0.29, 0.717) is 0 Å². The van der Waals surface area contributed by atoms with E-state index < -0.39 is 0 Å². The first kappa shape index (κ1) is 13.6. The fraction of sp³-hybridized carbons (Fsp3) is 0.636. The molecule has 0 saturated heterocycles. The minimum absolute atomic E-state index is 0.774. The zero-order valence-electron chi connectivity index (χ0n) is 9.58. The normalized spacial score (nSPS) is 10.4. The van der Waals surface area contributed by atoms with E-state index in [0.717, 1.165) is 36.1 Å². The molecule has 1 aromatic rings. The highest BCUT2D eigenvalue weighted by Gasteiger charge is 1.96. The van der Waals surface area contributed by atoms with E-state index in [4.69, 9.17) is 11.6 Å². The van der Waals surface area contributed by atoms with Crippen LogP contribution in [0.3, 0.4) is 0 Å². The van der Waals surface area contributed by atoms with Crippen molar-refractivity contribution in [3.05, 3.63) is 12.4 Å². The molecule has 90 valence electrons. The molecule has 0 aliphatic rings. The highest BCUT2D eigenvalue weighted by molar-refractivity contribution is 7.98. The molecule has 0 amide bonds. The van der Waals surface area contributed by atoms with Crippen molar-refractivity contribution in [2.45, 2.75) is 30.7 Å². The van der Waals surface area contributed by atoms with Gasteiger partial charge in [0.05, 0.1) is 0 Å². The van der Waals surface area contributed by atoms with E-state index in [2.05, 4.69) is 15.3 Å². The van der Waals surface area contributed by atoms with Crippen molar-refractivity contribution >= 4 is 29.2 Å². The summed E-state index contributed by atoms with van der Waals surface area (Å²) >= 11 is 7.24. The van der Waals surface area contributed by atoms with Crippen LogP contribution in [0.15, 0.2) is 17.4 Å². The lowest BCUT2D eigenvalue weighted by molar-refractivity contribution is 0.686. The molecule has 1 aromatic heterocycles. The molecule has 0 aliphatic heterocycles. The van der Waals surface area contributed by atoms with Crippen LogP contribution in [0.1, 0.15) is 25.7 Å². The summed E-state index contributed by atoms with van der Waals surface area (Å²) in [5.74, 6) is 1.69. The summed E-state index contributed by atoms with van der Waals surface area (Å²) in [6, 6.07) is 1.98. The summed E-state index contributed by atoms with van der Waals surface area (Å²) in [5, 5.41) is 4.30. The molecule has 0 unspecified atom stereocenters. The predicted octanol–water partition coefficient (Wildman–Crippen LogP) is 3.41. The Morgan fingerprint density at radius 1 is 1.25 bits per heavy atom. The lowest BCUT2D eigenvalue weighted by Crippen LogP contribution is -2.03. The first-order valence-corrected chi connectivity index (χ1v) is 7.28. The molecular weight excluding hydrogens is 242 g/mol. The van der Waals surface area contributed by atoms with Gasteiger partial charge in [-0.25, -0.2) is 9.97 Å². The van der Waals surface area contributed by atoms with E-state index in [9.17, 15) is 0 Å². The van der Waals surface area contributed by atoms with E-state index in [1.165, 1.54) is 12.8 Å². The Labute approximate surface area is 106 Å². The van der Waals surface area contributed by atoms with Crippen LogP contribution in [0.4, 0.5) is 5.82 Å². The monoisotopic (exact) mass is 259 g/mol. The Bertz CT molecular complexity index is 296. The summed E-state index contributed by atoms with van der Waals surface area (Å²) in [6.45, 7) is 0.965. The second kappa shape index (κ2) is 8.65. The van der Waals surface area contributed by atoms with Crippen LogP contribution in [-0.4, -0.2) is 28.6 Å². The molecule has 1 rings (SSSR count). The molecule has 0 aliphatic carbocycles. The number of hydrogen-bond acceptors (Lipinski definition) is 4. The van der Waals surface area contributed by atoms with E-state index in [1.54, 1.807) is 18.1 Å². The maximum Gasteiger partial charge on any atom is 0.130 e. The lowest BCUT2D eigenvalue weighted by Gasteiger charge is -2.05. The summed E-state index contributed by atoms with van der Waals surface area (Å²) in [4.78, 5) is 8.29. The van der Waals surface area contributed by atoms with Gasteiger partial charge in [0.2, 0.25) is 0 Å². The Morgan fingerprint density at radius 2 is 2.06 bits per heavy atom. The summed E-state index contributed by atoms with van der Waals surface area (Å²) in [5.41, 5.74) is 0. The van der Waals surface area contributed by atoms with Gasteiger partial charge in [0.25, 0.3) is 0 Å². The van der Waals surface area contributed by atoms with E-state index in [1.807, 2.05) is 12.3 Å². The number of hydrogen-bond donors (Lipinski definition) is 1. The standard InChI is InChI=1S/C11H18ClN3S/c1-16-11-8-10(14-9-15-11)13-7-5-3-2-4-6-12/h8-9H,2-7H2,1H3,(H,13,14,15). The SMILES string of the molecule is CSc1cc(NCCCCCCCl)ncn1. The molecule has 1 heterocycles. The molecule has 0 atom stereocenters. The highest BCUT2D eigenvalue weighted by atomic mass is 35.5. The average Bonchev–Trinajstić information content (AvgIpc) is 2.34. The molecule has 0 spiro atoms. The van der Waals surface area contributed by atoms with Crippen molar-refractivity contribution in [2.75, 3.05) is 24.0 Å². The highest BCUT2D eigenvalue weighted by Crippen LogP contribution is 2.13. The molecular formula is C11H18ClN3S. The Balaban J connectivity index is 2.16. The van der Waals surface area contributed by atoms with Gasteiger partial charge < -0.3 is 5.32 Å². The largest absolute Gasteiger partial charge is 0.370 e. The van der Waals surface area contributed by atoms with Crippen LogP contribution in [-0.2, 0) is 0 Å². The van der Waals surface area contributed by atoms with Crippen LogP contribution in [0.2, 0.25) is 0 Å². The van der Waals surface area contributed by atoms with Gasteiger partial charge in [-0.1, -0.05) is 12.8 Å². The van der Waals surface area contributed by atoms with Gasteiger partial charge in [-0.3, -0.25) is 0 Å². The van der Waals surface area contributed by atoms with Crippen molar-refractivity contribution in [1.29, 1.82) is 0 Å². The number of unbranched alkanes of at least 4 members (excludes halogenated alkanes) is 3. The van der Waals surface area contributed by atoms with Gasteiger partial charge in [-0.2, -0.15) is 0 Å². The van der Waals surface area contributed by atoms with Crippen LogP contribution < -0.4 is 5.32 Å². The van der Waals surface area contributed by atoms with E-state index in [-0.39, 0.29) is 0 Å². The van der Waals surface area contributed by atoms with Gasteiger partial charge >= 0.3 is 0 Å². The van der Waals surface area contributed by atoms with Crippen molar-refractivity contribution < 1.29 is 0 Å². The molecule has 0 aromatic carbocycles. The molecule has 3 nitrogen and oxygen atoms in total. The van der Waals surface area contributed by atoms with Crippen LogP contribution in [0.5, 0.6) is 0 Å². The molecule has 0 fully saturated rings. The number of aromatic nitrogens is 2. The van der Waals surface area contributed by atoms with Crippen LogP contribution >= 0.6 is 23.4 Å². The predicted molar refractivity (Wildman–Crippen MR) is 71.5 cm³/mol. The number of thioether (sulfide) groups is 1. The molecule has 1 N–H and O–H groups in total. The minimum atomic E-state index is 0.774. The number of halogens is 1. The van der Waals surface area contributed by atoms with Gasteiger partial charge in [0.1, 0.15) is 17.2 Å². The van der Waals surface area contributed by atoms with Crippen molar-refractivity contribution in [2.24, 2.45) is 0 Å². The number of rotatable bonds is 8. The summed E-state index contributed by atoms with van der Waals surface area (Å²) in [7, 11) is 0. The Hall–Kier alpha value is -0.480. The quantitative estimate of drug-likeness (QED) is 0.336. The number of nitrogens with one attached hydrogen (secondary N) is 1. The van der Waals surface area contributed by atoms with Gasteiger partial charge in [-0.05, 0) is 19.1 Å². The summed E-state index contributed by atoms with van der Waals surface area (Å²) in [6.07, 6.45) is 8.33. The van der Waals surface area contributed by atoms with Gasteiger partial charge in [-0.15, -0.1) is 23.4 Å². The Kier molecular flexibility index (Phi) is 7.34. The lowest BCUT2D eigenvalue weighted by atomic mass is 10.2. The Morgan fingerprint density at radius 3 is 2.81 bits per heavy atom. The summed E-state index contributed by atoms with van der Waals surface area (Å²) < 4.78 is 0. The number of alkyl halides is 1. The maximum atomic E-state index is 5.61. The third-order valence-electron chi connectivity index (χ3n) is 2.22. The topological polar surface area (TPSA) is 37.8 Å². The van der Waals surface area contributed by atoms with Crippen molar-refractivity contribution in [3.63, 3.8) is 0 Å². The zero-order valence-corrected chi connectivity index (χ0v) is 11.2. The molecule has 0 bridgehead atoms. The number of anilines is 1. The van der Waals surface area contributed by atoms with Crippen molar-refractivity contribution in [1.82, 2.24) is 9.97 Å². The second-order valence-corrected chi connectivity index (χ2v) is 4.68. The van der Waals surface area contributed by atoms with Gasteiger partial charge in [0.15, 0.2) is 0 Å². The smallest absolute Gasteiger partial charge is 0.130 e. The second-order valence-electron chi connectivity index (χ2n) is 3.48. The first-order chi connectivity index (χ1) is 7.86. The zero-order chi connectivity index (χ0) is 11.6. The molecule has 16 heavy (non-hydrogen) atoms. The molecule has 0 radical (unpaired) electrons. The fourth-order valence-electron chi connectivity index (χ4n) is 1.34. The third kappa shape index (κ3) is 5.56. The molecule has 5 heteroatoms. The van der Waals surface area contributed by atoms with Crippen molar-refractivity contribution in [3.8, 4) is 0 Å². The minimum Gasteiger partial charge on any atom is -0.370 e. The van der Waals surface area contributed by atoms with Crippen LogP contribution in [0, 0.1) is 0 Å². The maximum absolute atomic E-state index is 5.61. The van der Waals surface area contributed by atoms with Crippen LogP contribution in [0.25, 0.3) is 0 Å².